The number of rotatable bonds is 4. The summed E-state index contributed by atoms with van der Waals surface area (Å²) in [4.78, 5) is 57.2. The van der Waals surface area contributed by atoms with Crippen LogP contribution < -0.4 is 0 Å². The second-order valence-electron chi connectivity index (χ2n) is 8.57. The fraction of sp³-hybridized carbons (Fsp3) is 0.455. The van der Waals surface area contributed by atoms with Gasteiger partial charge in [-0.1, -0.05) is 23.3 Å². The second-order valence-corrected chi connectivity index (χ2v) is 8.57. The molecule has 2 aliphatic rings. The molecule has 0 spiro atoms. The molecule has 0 aromatic heterocycles. The third-order valence-corrected chi connectivity index (χ3v) is 5.27. The molecule has 2 aliphatic heterocycles. The molecule has 0 N–H and O–H groups in total. The molecule has 0 unspecified atom stereocenters. The molecule has 8 heteroatoms. The summed E-state index contributed by atoms with van der Waals surface area (Å²) in [5, 5.41) is 0.526. The van der Waals surface area contributed by atoms with Crippen molar-refractivity contribution >= 4 is 23.9 Å². The summed E-state index contributed by atoms with van der Waals surface area (Å²) in [6, 6.07) is 6.31. The molecule has 0 atom stereocenters. The average Bonchev–Trinajstić information content (AvgIpc) is 2.92. The zero-order valence-corrected chi connectivity index (χ0v) is 17.5. The Hall–Kier alpha value is -3.16. The van der Waals surface area contributed by atoms with Gasteiger partial charge in [-0.15, -0.1) is 6.58 Å². The smallest absolute Gasteiger partial charge is 0.410 e. The molecule has 8 nitrogen and oxygen atoms in total. The van der Waals surface area contributed by atoms with Crippen molar-refractivity contribution in [3.8, 4) is 0 Å². The Bertz CT molecular complexity index is 858. The van der Waals surface area contributed by atoms with E-state index >= 15 is 0 Å². The van der Waals surface area contributed by atoms with Crippen molar-refractivity contribution in [1.82, 2.24) is 9.96 Å². The molecule has 1 saturated heterocycles. The van der Waals surface area contributed by atoms with Crippen LogP contribution >= 0.6 is 0 Å². The summed E-state index contributed by atoms with van der Waals surface area (Å²) in [5.41, 5.74) is -1.19. The highest BCUT2D eigenvalue weighted by molar-refractivity contribution is 6.20. The van der Waals surface area contributed by atoms with Crippen LogP contribution in [0.3, 0.4) is 0 Å². The molecule has 1 aromatic carbocycles. The Morgan fingerprint density at radius 2 is 1.63 bits per heavy atom. The maximum Gasteiger partial charge on any atom is 0.410 e. The minimum Gasteiger partial charge on any atom is -0.444 e. The van der Waals surface area contributed by atoms with Crippen LogP contribution in [0.5, 0.6) is 0 Å². The molecule has 0 radical (unpaired) electrons. The van der Waals surface area contributed by atoms with Crippen molar-refractivity contribution in [2.24, 2.45) is 5.41 Å². The van der Waals surface area contributed by atoms with E-state index in [0.29, 0.717) is 37.4 Å². The molecule has 3 amide bonds. The van der Waals surface area contributed by atoms with Crippen LogP contribution in [-0.2, 0) is 14.4 Å². The number of hydrogen-bond donors (Lipinski definition) is 0. The van der Waals surface area contributed by atoms with E-state index in [1.54, 1.807) is 43.9 Å². The largest absolute Gasteiger partial charge is 0.444 e. The molecule has 2 heterocycles. The van der Waals surface area contributed by atoms with Crippen molar-refractivity contribution in [2.45, 2.75) is 45.6 Å². The second kappa shape index (κ2) is 7.93. The maximum absolute atomic E-state index is 13.1. The van der Waals surface area contributed by atoms with Crippen molar-refractivity contribution in [2.75, 3.05) is 13.1 Å². The van der Waals surface area contributed by atoms with Crippen LogP contribution in [0.4, 0.5) is 4.79 Å². The molecule has 3 rings (SSSR count). The molecule has 0 bridgehead atoms. The highest BCUT2D eigenvalue weighted by atomic mass is 16.7. The predicted octanol–water partition coefficient (Wildman–Crippen LogP) is 3.33. The predicted molar refractivity (Wildman–Crippen MR) is 107 cm³/mol. The number of benzene rings is 1. The number of likely N-dealkylation sites (tertiary alicyclic amines) is 1. The van der Waals surface area contributed by atoms with Gasteiger partial charge in [-0.25, -0.2) is 9.59 Å². The highest BCUT2D eigenvalue weighted by Gasteiger charge is 2.47. The van der Waals surface area contributed by atoms with Gasteiger partial charge < -0.3 is 14.5 Å². The average molecular weight is 414 g/mol. The highest BCUT2D eigenvalue weighted by Crippen LogP contribution is 2.38. The van der Waals surface area contributed by atoms with E-state index < -0.39 is 34.9 Å². The lowest BCUT2D eigenvalue weighted by molar-refractivity contribution is -0.184. The number of hydrogen-bond acceptors (Lipinski definition) is 6. The van der Waals surface area contributed by atoms with Gasteiger partial charge in [0, 0.05) is 13.1 Å². The lowest BCUT2D eigenvalue weighted by atomic mass is 9.76. The molecular weight excluding hydrogens is 388 g/mol. The molecular formula is C22H26N2O6. The fourth-order valence-electron chi connectivity index (χ4n) is 3.64. The summed E-state index contributed by atoms with van der Waals surface area (Å²) in [7, 11) is 0. The molecule has 0 aliphatic carbocycles. The topological polar surface area (TPSA) is 93.2 Å². The minimum atomic E-state index is -0.977. The van der Waals surface area contributed by atoms with Crippen LogP contribution in [-0.4, -0.2) is 52.5 Å². The first-order valence-electron chi connectivity index (χ1n) is 9.87. The number of imide groups is 1. The van der Waals surface area contributed by atoms with Gasteiger partial charge in [-0.3, -0.25) is 9.59 Å². The lowest BCUT2D eigenvalue weighted by Crippen LogP contribution is -2.49. The van der Waals surface area contributed by atoms with Gasteiger partial charge in [0.05, 0.1) is 16.5 Å². The number of amides is 3. The van der Waals surface area contributed by atoms with Crippen molar-refractivity contribution < 1.29 is 28.8 Å². The molecule has 30 heavy (non-hydrogen) atoms. The van der Waals surface area contributed by atoms with Crippen LogP contribution in [0.25, 0.3) is 0 Å². The van der Waals surface area contributed by atoms with Gasteiger partial charge >= 0.3 is 12.1 Å². The Kier molecular flexibility index (Phi) is 5.70. The van der Waals surface area contributed by atoms with E-state index in [4.69, 9.17) is 9.57 Å². The normalized spacial score (nSPS) is 18.1. The number of carbonyl (C=O) groups excluding carboxylic acids is 4. The van der Waals surface area contributed by atoms with Crippen molar-refractivity contribution in [3.05, 3.63) is 48.0 Å². The van der Waals surface area contributed by atoms with Gasteiger partial charge in [0.2, 0.25) is 0 Å². The standard InChI is InChI=1S/C22H26N2O6/c1-5-10-22(11-13-23(14-12-22)20(28)29-21(2,3)4)19(27)30-24-17(25)15-8-6-7-9-16(15)18(24)26/h5-9H,1,10-14H2,2-4H3. The molecule has 1 aromatic rings. The van der Waals surface area contributed by atoms with Crippen molar-refractivity contribution in [1.29, 1.82) is 0 Å². The third kappa shape index (κ3) is 4.08. The molecule has 0 saturated carbocycles. The number of fused-ring (bicyclic) bond motifs is 1. The summed E-state index contributed by atoms with van der Waals surface area (Å²) < 4.78 is 5.39. The number of piperidine rings is 1. The summed E-state index contributed by atoms with van der Waals surface area (Å²) in [6.07, 6.45) is 2.08. The first-order valence-corrected chi connectivity index (χ1v) is 9.87. The number of hydroxylamine groups is 2. The van der Waals surface area contributed by atoms with Gasteiger partial charge in [0.15, 0.2) is 0 Å². The summed E-state index contributed by atoms with van der Waals surface area (Å²) >= 11 is 0. The summed E-state index contributed by atoms with van der Waals surface area (Å²) in [5.74, 6) is -2.01. The first-order chi connectivity index (χ1) is 14.1. The van der Waals surface area contributed by atoms with E-state index in [2.05, 4.69) is 6.58 Å². The van der Waals surface area contributed by atoms with Crippen LogP contribution in [0, 0.1) is 5.41 Å². The first kappa shape index (κ1) is 21.5. The van der Waals surface area contributed by atoms with E-state index in [0.717, 1.165) is 0 Å². The quantitative estimate of drug-likeness (QED) is 0.554. The zero-order chi connectivity index (χ0) is 22.1. The van der Waals surface area contributed by atoms with E-state index in [1.165, 1.54) is 12.1 Å². The van der Waals surface area contributed by atoms with Crippen LogP contribution in [0.2, 0.25) is 0 Å². The Balaban J connectivity index is 1.71. The fourth-order valence-corrected chi connectivity index (χ4v) is 3.64. The maximum atomic E-state index is 13.1. The van der Waals surface area contributed by atoms with Gasteiger partial charge in [-0.2, -0.15) is 0 Å². The Morgan fingerprint density at radius 3 is 2.10 bits per heavy atom. The molecule has 160 valence electrons. The number of ether oxygens (including phenoxy) is 1. The van der Waals surface area contributed by atoms with E-state index in [1.807, 2.05) is 0 Å². The monoisotopic (exact) mass is 414 g/mol. The van der Waals surface area contributed by atoms with Gasteiger partial charge in [0.1, 0.15) is 5.60 Å². The van der Waals surface area contributed by atoms with Crippen LogP contribution in [0.15, 0.2) is 36.9 Å². The van der Waals surface area contributed by atoms with Crippen molar-refractivity contribution in [3.63, 3.8) is 0 Å². The molecule has 1 fully saturated rings. The third-order valence-electron chi connectivity index (χ3n) is 5.27. The minimum absolute atomic E-state index is 0.202. The van der Waals surface area contributed by atoms with Gasteiger partial charge in [0.25, 0.3) is 11.8 Å². The van der Waals surface area contributed by atoms with Crippen LogP contribution in [0.1, 0.15) is 60.7 Å². The zero-order valence-electron chi connectivity index (χ0n) is 17.5. The number of allylic oxidation sites excluding steroid dienone is 1. The summed E-state index contributed by atoms with van der Waals surface area (Å²) in [6.45, 7) is 9.67. The number of carbonyl (C=O) groups is 4. The lowest BCUT2D eigenvalue weighted by Gasteiger charge is -2.39. The number of nitrogens with zero attached hydrogens (tertiary/aromatic N) is 2. The Morgan fingerprint density at radius 1 is 1.10 bits per heavy atom. The van der Waals surface area contributed by atoms with Gasteiger partial charge in [-0.05, 0) is 52.2 Å². The SMILES string of the molecule is C=CCC1(C(=O)ON2C(=O)c3ccccc3C2=O)CCN(C(=O)OC(C)(C)C)CC1. The van der Waals surface area contributed by atoms with E-state index in [9.17, 15) is 19.2 Å². The van der Waals surface area contributed by atoms with E-state index in [-0.39, 0.29) is 11.1 Å². The Labute approximate surface area is 175 Å².